The SMILES string of the molecule is OCc1c(Oc2cccnc2)nc2ccccn12. The van der Waals surface area contributed by atoms with Crippen molar-refractivity contribution in [3.05, 3.63) is 54.6 Å². The van der Waals surface area contributed by atoms with E-state index in [0.717, 1.165) is 5.65 Å². The number of nitrogens with zero attached hydrogens (tertiary/aromatic N) is 3. The third-order valence-corrected chi connectivity index (χ3v) is 2.59. The second-order valence-corrected chi connectivity index (χ2v) is 3.74. The van der Waals surface area contributed by atoms with Crippen LogP contribution in [0.2, 0.25) is 0 Å². The average Bonchev–Trinajstić information content (AvgIpc) is 2.77. The summed E-state index contributed by atoms with van der Waals surface area (Å²) in [5.74, 6) is 0.993. The van der Waals surface area contributed by atoms with E-state index in [-0.39, 0.29) is 6.61 Å². The van der Waals surface area contributed by atoms with Crippen molar-refractivity contribution in [3.63, 3.8) is 0 Å². The lowest BCUT2D eigenvalue weighted by Crippen LogP contribution is -1.94. The molecule has 90 valence electrons. The molecule has 0 radical (unpaired) electrons. The summed E-state index contributed by atoms with van der Waals surface area (Å²) >= 11 is 0. The van der Waals surface area contributed by atoms with Crippen molar-refractivity contribution in [1.82, 2.24) is 14.4 Å². The lowest BCUT2D eigenvalue weighted by atomic mass is 10.4. The van der Waals surface area contributed by atoms with Gasteiger partial charge in [0.25, 0.3) is 0 Å². The Hall–Kier alpha value is -2.40. The third kappa shape index (κ3) is 1.80. The quantitative estimate of drug-likeness (QED) is 0.762. The van der Waals surface area contributed by atoms with E-state index in [2.05, 4.69) is 9.97 Å². The number of rotatable bonds is 3. The number of hydrogen-bond donors (Lipinski definition) is 1. The molecule has 0 atom stereocenters. The standard InChI is InChI=1S/C13H11N3O2/c17-9-11-13(18-10-4-3-6-14-8-10)15-12-5-1-2-7-16(11)12/h1-8,17H,9H2. The van der Waals surface area contributed by atoms with Crippen molar-refractivity contribution in [3.8, 4) is 11.6 Å². The molecule has 0 aliphatic carbocycles. The smallest absolute Gasteiger partial charge is 0.243 e. The van der Waals surface area contributed by atoms with Crippen molar-refractivity contribution >= 4 is 5.65 Å². The molecule has 0 spiro atoms. The molecule has 0 amide bonds. The highest BCUT2D eigenvalue weighted by Crippen LogP contribution is 2.25. The van der Waals surface area contributed by atoms with Crippen molar-refractivity contribution in [1.29, 1.82) is 0 Å². The van der Waals surface area contributed by atoms with Crippen LogP contribution in [0.1, 0.15) is 5.69 Å². The number of hydrogen-bond acceptors (Lipinski definition) is 4. The number of aromatic nitrogens is 3. The molecule has 5 heteroatoms. The zero-order valence-corrected chi connectivity index (χ0v) is 9.52. The van der Waals surface area contributed by atoms with Gasteiger partial charge in [-0.25, -0.2) is 0 Å². The lowest BCUT2D eigenvalue weighted by molar-refractivity contribution is 0.269. The van der Waals surface area contributed by atoms with Crippen LogP contribution in [0.25, 0.3) is 5.65 Å². The van der Waals surface area contributed by atoms with Gasteiger partial charge in [0.05, 0.1) is 12.8 Å². The topological polar surface area (TPSA) is 59.7 Å². The van der Waals surface area contributed by atoms with Crippen LogP contribution >= 0.6 is 0 Å². The Bertz CT molecular complexity index is 664. The fourth-order valence-electron chi connectivity index (χ4n) is 1.77. The van der Waals surface area contributed by atoms with Crippen LogP contribution < -0.4 is 4.74 Å². The molecule has 5 nitrogen and oxygen atoms in total. The Labute approximate surface area is 103 Å². The molecule has 0 aliphatic rings. The van der Waals surface area contributed by atoms with Gasteiger partial charge >= 0.3 is 0 Å². The maximum absolute atomic E-state index is 9.43. The Morgan fingerprint density at radius 2 is 2.17 bits per heavy atom. The zero-order chi connectivity index (χ0) is 12.4. The molecule has 0 unspecified atom stereocenters. The second kappa shape index (κ2) is 4.46. The largest absolute Gasteiger partial charge is 0.436 e. The highest BCUT2D eigenvalue weighted by molar-refractivity contribution is 5.46. The van der Waals surface area contributed by atoms with Crippen molar-refractivity contribution < 1.29 is 9.84 Å². The Morgan fingerprint density at radius 1 is 1.22 bits per heavy atom. The molecule has 3 aromatic heterocycles. The Balaban J connectivity index is 2.06. The van der Waals surface area contributed by atoms with E-state index in [1.807, 2.05) is 24.4 Å². The van der Waals surface area contributed by atoms with Crippen LogP contribution in [-0.4, -0.2) is 19.5 Å². The van der Waals surface area contributed by atoms with Crippen LogP contribution in [-0.2, 0) is 6.61 Å². The molecule has 0 aliphatic heterocycles. The predicted molar refractivity (Wildman–Crippen MR) is 65.4 cm³/mol. The number of fused-ring (bicyclic) bond motifs is 1. The van der Waals surface area contributed by atoms with Gasteiger partial charge in [-0.15, -0.1) is 0 Å². The zero-order valence-electron chi connectivity index (χ0n) is 9.52. The molecular weight excluding hydrogens is 230 g/mol. The van der Waals surface area contributed by atoms with E-state index in [9.17, 15) is 5.11 Å². The maximum atomic E-state index is 9.43. The van der Waals surface area contributed by atoms with Gasteiger partial charge in [0, 0.05) is 12.4 Å². The summed E-state index contributed by atoms with van der Waals surface area (Å²) in [6.07, 6.45) is 5.11. The first-order chi connectivity index (χ1) is 8.88. The van der Waals surface area contributed by atoms with Gasteiger partial charge in [0.1, 0.15) is 17.1 Å². The van der Waals surface area contributed by atoms with Gasteiger partial charge < -0.3 is 9.84 Å². The summed E-state index contributed by atoms with van der Waals surface area (Å²) in [5.41, 5.74) is 1.36. The first-order valence-corrected chi connectivity index (χ1v) is 5.53. The lowest BCUT2D eigenvalue weighted by Gasteiger charge is -2.03. The Morgan fingerprint density at radius 3 is 2.94 bits per heavy atom. The molecule has 18 heavy (non-hydrogen) atoms. The van der Waals surface area contributed by atoms with Gasteiger partial charge in [0.2, 0.25) is 5.88 Å². The highest BCUT2D eigenvalue weighted by atomic mass is 16.5. The van der Waals surface area contributed by atoms with Crippen molar-refractivity contribution in [2.24, 2.45) is 0 Å². The molecule has 0 fully saturated rings. The van der Waals surface area contributed by atoms with Crippen LogP contribution in [0.15, 0.2) is 48.9 Å². The van der Waals surface area contributed by atoms with E-state index in [1.165, 1.54) is 0 Å². The first-order valence-electron chi connectivity index (χ1n) is 5.53. The summed E-state index contributed by atoms with van der Waals surface area (Å²) < 4.78 is 7.43. The van der Waals surface area contributed by atoms with Gasteiger partial charge in [-0.2, -0.15) is 4.98 Å². The minimum atomic E-state index is -0.138. The summed E-state index contributed by atoms with van der Waals surface area (Å²) in [7, 11) is 0. The minimum Gasteiger partial charge on any atom is -0.436 e. The molecule has 3 aromatic rings. The second-order valence-electron chi connectivity index (χ2n) is 3.74. The van der Waals surface area contributed by atoms with E-state index < -0.39 is 0 Å². The number of imidazole rings is 1. The molecule has 0 aromatic carbocycles. The fourth-order valence-corrected chi connectivity index (χ4v) is 1.77. The van der Waals surface area contributed by atoms with E-state index in [4.69, 9.17) is 4.74 Å². The predicted octanol–water partition coefficient (Wildman–Crippen LogP) is 2.01. The maximum Gasteiger partial charge on any atom is 0.243 e. The van der Waals surface area contributed by atoms with Gasteiger partial charge in [-0.05, 0) is 24.3 Å². The molecular formula is C13H11N3O2. The van der Waals surface area contributed by atoms with Crippen LogP contribution in [0.3, 0.4) is 0 Å². The molecule has 3 heterocycles. The summed E-state index contributed by atoms with van der Waals surface area (Å²) in [6, 6.07) is 9.19. The minimum absolute atomic E-state index is 0.138. The highest BCUT2D eigenvalue weighted by Gasteiger charge is 2.12. The molecule has 0 saturated carbocycles. The van der Waals surface area contributed by atoms with Crippen molar-refractivity contribution in [2.75, 3.05) is 0 Å². The van der Waals surface area contributed by atoms with Crippen LogP contribution in [0, 0.1) is 0 Å². The summed E-state index contributed by atoms with van der Waals surface area (Å²) in [5, 5.41) is 9.43. The summed E-state index contributed by atoms with van der Waals surface area (Å²) in [6.45, 7) is -0.138. The summed E-state index contributed by atoms with van der Waals surface area (Å²) in [4.78, 5) is 8.30. The number of aliphatic hydroxyl groups excluding tert-OH is 1. The van der Waals surface area contributed by atoms with E-state index in [1.54, 1.807) is 28.9 Å². The van der Waals surface area contributed by atoms with E-state index in [0.29, 0.717) is 17.3 Å². The van der Waals surface area contributed by atoms with Crippen LogP contribution in [0.4, 0.5) is 0 Å². The van der Waals surface area contributed by atoms with Crippen molar-refractivity contribution in [2.45, 2.75) is 6.61 Å². The fraction of sp³-hybridized carbons (Fsp3) is 0.0769. The monoisotopic (exact) mass is 241 g/mol. The third-order valence-electron chi connectivity index (χ3n) is 2.59. The van der Waals surface area contributed by atoms with Gasteiger partial charge in [-0.1, -0.05) is 6.07 Å². The molecule has 0 bridgehead atoms. The molecule has 1 N–H and O–H groups in total. The van der Waals surface area contributed by atoms with Crippen LogP contribution in [0.5, 0.6) is 11.6 Å². The average molecular weight is 241 g/mol. The van der Waals surface area contributed by atoms with E-state index >= 15 is 0 Å². The first kappa shape index (κ1) is 10.7. The number of pyridine rings is 2. The molecule has 0 saturated heterocycles. The van der Waals surface area contributed by atoms with Gasteiger partial charge in [0.15, 0.2) is 0 Å². The number of aliphatic hydroxyl groups is 1. The molecule has 3 rings (SSSR count). The van der Waals surface area contributed by atoms with Gasteiger partial charge in [-0.3, -0.25) is 9.38 Å². The normalized spacial score (nSPS) is 10.7. The number of ether oxygens (including phenoxy) is 1. The Kier molecular flexibility index (Phi) is 2.66.